The highest BCUT2D eigenvalue weighted by Gasteiger charge is 2.39. The second-order valence-electron chi connectivity index (χ2n) is 4.70. The van der Waals surface area contributed by atoms with Crippen molar-refractivity contribution in [3.05, 3.63) is 29.8 Å². The van der Waals surface area contributed by atoms with E-state index in [1.54, 1.807) is 7.11 Å². The van der Waals surface area contributed by atoms with Crippen LogP contribution in [0.2, 0.25) is 0 Å². The quantitative estimate of drug-likeness (QED) is 0.868. The average Bonchev–Trinajstić information content (AvgIpc) is 2.46. The minimum Gasteiger partial charge on any atom is -0.497 e. The highest BCUT2D eigenvalue weighted by Crippen LogP contribution is 2.22. The van der Waals surface area contributed by atoms with Crippen molar-refractivity contribution in [1.29, 1.82) is 0 Å². The van der Waals surface area contributed by atoms with Crippen LogP contribution < -0.4 is 10.1 Å². The molecule has 1 saturated heterocycles. The number of carboxylic acids is 1. The standard InChI is InChI=1S/C14H19NO4.ClH/c1-18-12-4-2-11(3-5-12)10-15-14(13(16)17)6-8-19-9-7-14;/h2-5,15H,6-10H2,1H3,(H,16,17);1H. The Labute approximate surface area is 124 Å². The molecule has 6 heteroatoms. The van der Waals surface area contributed by atoms with E-state index in [0.29, 0.717) is 32.6 Å². The summed E-state index contributed by atoms with van der Waals surface area (Å²) in [6.07, 6.45) is 0.997. The molecule has 112 valence electrons. The van der Waals surface area contributed by atoms with Gasteiger partial charge in [-0.15, -0.1) is 12.4 Å². The fourth-order valence-corrected chi connectivity index (χ4v) is 2.20. The van der Waals surface area contributed by atoms with Crippen LogP contribution in [0.25, 0.3) is 0 Å². The minimum absolute atomic E-state index is 0. The van der Waals surface area contributed by atoms with Crippen LogP contribution in [-0.4, -0.2) is 36.9 Å². The highest BCUT2D eigenvalue weighted by molar-refractivity contribution is 5.85. The van der Waals surface area contributed by atoms with Gasteiger partial charge < -0.3 is 14.6 Å². The summed E-state index contributed by atoms with van der Waals surface area (Å²) in [4.78, 5) is 11.5. The predicted molar refractivity (Wildman–Crippen MR) is 77.5 cm³/mol. The summed E-state index contributed by atoms with van der Waals surface area (Å²) in [6, 6.07) is 7.60. The van der Waals surface area contributed by atoms with Crippen LogP contribution in [0.1, 0.15) is 18.4 Å². The third-order valence-corrected chi connectivity index (χ3v) is 3.55. The van der Waals surface area contributed by atoms with Gasteiger partial charge in [0, 0.05) is 19.8 Å². The van der Waals surface area contributed by atoms with Crippen molar-refractivity contribution >= 4 is 18.4 Å². The fraction of sp³-hybridized carbons (Fsp3) is 0.500. The van der Waals surface area contributed by atoms with Crippen molar-refractivity contribution in [3.63, 3.8) is 0 Å². The number of carboxylic acid groups (broad SMARTS) is 1. The van der Waals surface area contributed by atoms with Crippen LogP contribution in [0.15, 0.2) is 24.3 Å². The van der Waals surface area contributed by atoms with E-state index >= 15 is 0 Å². The summed E-state index contributed by atoms with van der Waals surface area (Å²) in [5.74, 6) is -0.00734. The Balaban J connectivity index is 0.00000200. The molecule has 1 heterocycles. The Kier molecular flexibility index (Phi) is 6.26. The summed E-state index contributed by atoms with van der Waals surface area (Å²) in [7, 11) is 1.62. The topological polar surface area (TPSA) is 67.8 Å². The highest BCUT2D eigenvalue weighted by atomic mass is 35.5. The lowest BCUT2D eigenvalue weighted by molar-refractivity contribution is -0.149. The van der Waals surface area contributed by atoms with Crippen LogP contribution in [0, 0.1) is 0 Å². The second-order valence-corrected chi connectivity index (χ2v) is 4.70. The number of halogens is 1. The van der Waals surface area contributed by atoms with Gasteiger partial charge in [0.05, 0.1) is 7.11 Å². The summed E-state index contributed by atoms with van der Waals surface area (Å²) < 4.78 is 10.3. The van der Waals surface area contributed by atoms with Crippen LogP contribution in [0.3, 0.4) is 0 Å². The van der Waals surface area contributed by atoms with Crippen molar-refractivity contribution in [3.8, 4) is 5.75 Å². The summed E-state index contributed by atoms with van der Waals surface area (Å²) >= 11 is 0. The van der Waals surface area contributed by atoms with E-state index in [0.717, 1.165) is 11.3 Å². The molecule has 0 saturated carbocycles. The lowest BCUT2D eigenvalue weighted by Gasteiger charge is -2.34. The molecule has 2 N–H and O–H groups in total. The normalized spacial score (nSPS) is 17.1. The molecule has 0 unspecified atom stereocenters. The maximum Gasteiger partial charge on any atom is 0.324 e. The van der Waals surface area contributed by atoms with E-state index in [-0.39, 0.29) is 12.4 Å². The van der Waals surface area contributed by atoms with Crippen LogP contribution in [-0.2, 0) is 16.1 Å². The summed E-state index contributed by atoms with van der Waals surface area (Å²) in [5.41, 5.74) is 0.172. The van der Waals surface area contributed by atoms with Crippen LogP contribution in [0.4, 0.5) is 0 Å². The Hall–Kier alpha value is -1.30. The van der Waals surface area contributed by atoms with E-state index in [2.05, 4.69) is 5.32 Å². The predicted octanol–water partition coefficient (Wildman–Crippen LogP) is 1.84. The van der Waals surface area contributed by atoms with Gasteiger partial charge in [-0.3, -0.25) is 10.1 Å². The van der Waals surface area contributed by atoms with E-state index in [1.807, 2.05) is 24.3 Å². The molecule has 20 heavy (non-hydrogen) atoms. The molecule has 0 aromatic heterocycles. The zero-order valence-corrected chi connectivity index (χ0v) is 12.2. The van der Waals surface area contributed by atoms with E-state index in [4.69, 9.17) is 9.47 Å². The lowest BCUT2D eigenvalue weighted by Crippen LogP contribution is -2.55. The number of aliphatic carboxylic acids is 1. The first-order chi connectivity index (χ1) is 9.16. The van der Waals surface area contributed by atoms with Crippen molar-refractivity contribution < 1.29 is 19.4 Å². The first kappa shape index (κ1) is 16.8. The smallest absolute Gasteiger partial charge is 0.324 e. The first-order valence-corrected chi connectivity index (χ1v) is 6.35. The van der Waals surface area contributed by atoms with Gasteiger partial charge in [0.15, 0.2) is 0 Å². The maximum atomic E-state index is 11.5. The van der Waals surface area contributed by atoms with Gasteiger partial charge in [0.1, 0.15) is 11.3 Å². The van der Waals surface area contributed by atoms with Gasteiger partial charge in [-0.1, -0.05) is 12.1 Å². The second kappa shape index (κ2) is 7.47. The molecule has 1 aliphatic rings. The van der Waals surface area contributed by atoms with Crippen molar-refractivity contribution in [1.82, 2.24) is 5.32 Å². The number of methoxy groups -OCH3 is 1. The molecule has 5 nitrogen and oxygen atoms in total. The minimum atomic E-state index is -0.863. The molecule has 0 atom stereocenters. The number of hydrogen-bond acceptors (Lipinski definition) is 4. The average molecular weight is 302 g/mol. The van der Waals surface area contributed by atoms with Gasteiger partial charge in [-0.2, -0.15) is 0 Å². The van der Waals surface area contributed by atoms with E-state index in [9.17, 15) is 9.90 Å². The van der Waals surface area contributed by atoms with Crippen molar-refractivity contribution in [2.45, 2.75) is 24.9 Å². The SMILES string of the molecule is COc1ccc(CNC2(C(=O)O)CCOCC2)cc1.Cl. The molecule has 0 amide bonds. The summed E-state index contributed by atoms with van der Waals surface area (Å²) in [6.45, 7) is 1.50. The largest absolute Gasteiger partial charge is 0.497 e. The van der Waals surface area contributed by atoms with Crippen molar-refractivity contribution in [2.75, 3.05) is 20.3 Å². The van der Waals surface area contributed by atoms with E-state index in [1.165, 1.54) is 0 Å². The lowest BCUT2D eigenvalue weighted by atomic mass is 9.90. The number of hydrogen-bond donors (Lipinski definition) is 2. The van der Waals surface area contributed by atoms with Gasteiger partial charge in [-0.05, 0) is 30.5 Å². The van der Waals surface area contributed by atoms with Crippen LogP contribution >= 0.6 is 12.4 Å². The molecular formula is C14H20ClNO4. The molecule has 0 spiro atoms. The number of carbonyl (C=O) groups is 1. The number of ether oxygens (including phenoxy) is 2. The molecule has 2 rings (SSSR count). The van der Waals surface area contributed by atoms with Gasteiger partial charge in [-0.25, -0.2) is 0 Å². The fourth-order valence-electron chi connectivity index (χ4n) is 2.20. The molecular weight excluding hydrogens is 282 g/mol. The van der Waals surface area contributed by atoms with Crippen molar-refractivity contribution in [2.24, 2.45) is 0 Å². The molecule has 1 fully saturated rings. The molecule has 0 aliphatic carbocycles. The molecule has 1 aromatic carbocycles. The van der Waals surface area contributed by atoms with Gasteiger partial charge >= 0.3 is 5.97 Å². The molecule has 1 aliphatic heterocycles. The number of nitrogens with one attached hydrogen (secondary N) is 1. The Morgan fingerprint density at radius 3 is 2.45 bits per heavy atom. The number of benzene rings is 1. The maximum absolute atomic E-state index is 11.5. The van der Waals surface area contributed by atoms with E-state index < -0.39 is 11.5 Å². The van der Waals surface area contributed by atoms with Gasteiger partial charge in [0.25, 0.3) is 0 Å². The third kappa shape index (κ3) is 3.85. The monoisotopic (exact) mass is 301 g/mol. The Morgan fingerprint density at radius 2 is 1.95 bits per heavy atom. The van der Waals surface area contributed by atoms with Crippen LogP contribution in [0.5, 0.6) is 5.75 Å². The number of rotatable bonds is 5. The zero-order valence-electron chi connectivity index (χ0n) is 11.4. The Morgan fingerprint density at radius 1 is 1.35 bits per heavy atom. The third-order valence-electron chi connectivity index (χ3n) is 3.55. The first-order valence-electron chi connectivity index (χ1n) is 6.35. The zero-order chi connectivity index (χ0) is 13.7. The van der Waals surface area contributed by atoms with Gasteiger partial charge in [0.2, 0.25) is 0 Å². The Bertz CT molecular complexity index is 429. The molecule has 1 aromatic rings. The molecule has 0 radical (unpaired) electrons. The molecule has 0 bridgehead atoms. The summed E-state index contributed by atoms with van der Waals surface area (Å²) in [5, 5.41) is 12.6.